The molecule has 0 aliphatic carbocycles. The molecule has 3 aromatic rings. The summed E-state index contributed by atoms with van der Waals surface area (Å²) >= 11 is 0. The van der Waals surface area contributed by atoms with Gasteiger partial charge in [0.1, 0.15) is 11.8 Å². The number of ether oxygens (including phenoxy) is 2. The Morgan fingerprint density at radius 3 is 2.07 bits per heavy atom. The first-order valence-electron chi connectivity index (χ1n) is 9.25. The lowest BCUT2D eigenvalue weighted by Gasteiger charge is -2.33. The zero-order valence-corrected chi connectivity index (χ0v) is 15.5. The van der Waals surface area contributed by atoms with Crippen LogP contribution in [0.15, 0.2) is 84.9 Å². The van der Waals surface area contributed by atoms with Gasteiger partial charge in [-0.2, -0.15) is 0 Å². The van der Waals surface area contributed by atoms with E-state index in [0.29, 0.717) is 11.3 Å². The van der Waals surface area contributed by atoms with Gasteiger partial charge >= 0.3 is 5.97 Å². The minimum atomic E-state index is -0.717. The number of benzene rings is 3. The molecular formula is C23H20N2O4. The molecule has 4 rings (SSSR count). The third-order valence-corrected chi connectivity index (χ3v) is 4.68. The van der Waals surface area contributed by atoms with Crippen molar-refractivity contribution < 1.29 is 19.1 Å². The summed E-state index contributed by atoms with van der Waals surface area (Å²) in [4.78, 5) is 24.1. The lowest BCUT2D eigenvalue weighted by molar-refractivity contribution is -0.137. The molecule has 1 aliphatic heterocycles. The van der Waals surface area contributed by atoms with Crippen LogP contribution in [0.1, 0.15) is 27.6 Å². The van der Waals surface area contributed by atoms with Crippen LogP contribution in [0.3, 0.4) is 0 Å². The molecule has 0 radical (unpaired) electrons. The normalized spacial score (nSPS) is 17.9. The van der Waals surface area contributed by atoms with Crippen molar-refractivity contribution in [1.29, 1.82) is 0 Å². The molecule has 0 spiro atoms. The van der Waals surface area contributed by atoms with Crippen LogP contribution in [-0.2, 0) is 9.53 Å². The van der Waals surface area contributed by atoms with E-state index in [-0.39, 0.29) is 5.91 Å². The Morgan fingerprint density at radius 2 is 1.52 bits per heavy atom. The molecule has 1 saturated heterocycles. The van der Waals surface area contributed by atoms with E-state index in [2.05, 4.69) is 5.32 Å². The summed E-state index contributed by atoms with van der Waals surface area (Å²) in [5.74, 6) is -0.315. The molecule has 0 bridgehead atoms. The van der Waals surface area contributed by atoms with Crippen molar-refractivity contribution >= 4 is 11.9 Å². The molecule has 0 aromatic heterocycles. The quantitative estimate of drug-likeness (QED) is 0.501. The standard InChI is InChI=1S/C23H20N2O4/c24-19-21(26)25-22(19)28-18-13-7-12-17(14-18)23(27)29-20(15-8-3-1-4-9-15)16-10-5-2-6-11-16/h1-14,19-20,22H,24H2,(H,25,26)/t19-,22-/m1/s1. The van der Waals surface area contributed by atoms with Gasteiger partial charge in [-0.1, -0.05) is 66.7 Å². The van der Waals surface area contributed by atoms with Gasteiger partial charge in [0.05, 0.1) is 5.56 Å². The van der Waals surface area contributed by atoms with Gasteiger partial charge in [-0.3, -0.25) is 4.79 Å². The monoisotopic (exact) mass is 388 g/mol. The molecule has 6 nitrogen and oxygen atoms in total. The minimum Gasteiger partial charge on any atom is -0.468 e. The first kappa shape index (κ1) is 18.7. The number of hydrogen-bond donors (Lipinski definition) is 2. The predicted octanol–water partition coefficient (Wildman–Crippen LogP) is 2.80. The minimum absolute atomic E-state index is 0.265. The number of carbonyl (C=O) groups is 2. The topological polar surface area (TPSA) is 90.7 Å². The number of nitrogens with one attached hydrogen (secondary N) is 1. The summed E-state index contributed by atoms with van der Waals surface area (Å²) in [5, 5.41) is 2.56. The average molecular weight is 388 g/mol. The van der Waals surface area contributed by atoms with Gasteiger partial charge in [0.25, 0.3) is 0 Å². The van der Waals surface area contributed by atoms with Gasteiger partial charge in [0.2, 0.25) is 5.91 Å². The van der Waals surface area contributed by atoms with E-state index in [1.807, 2.05) is 60.7 Å². The highest BCUT2D eigenvalue weighted by atomic mass is 16.5. The number of esters is 1. The van der Waals surface area contributed by atoms with Crippen LogP contribution in [-0.4, -0.2) is 24.1 Å². The maximum absolute atomic E-state index is 12.9. The molecule has 29 heavy (non-hydrogen) atoms. The summed E-state index contributed by atoms with van der Waals surface area (Å²) in [6, 6.07) is 25.0. The highest BCUT2D eigenvalue weighted by Gasteiger charge is 2.38. The van der Waals surface area contributed by atoms with E-state index < -0.39 is 24.3 Å². The summed E-state index contributed by atoms with van der Waals surface area (Å²) in [7, 11) is 0. The summed E-state index contributed by atoms with van der Waals surface area (Å²) in [5.41, 5.74) is 7.78. The zero-order chi connectivity index (χ0) is 20.2. The van der Waals surface area contributed by atoms with E-state index in [4.69, 9.17) is 15.2 Å². The Kier molecular flexibility index (Phi) is 5.27. The number of carbonyl (C=O) groups excluding carboxylic acids is 2. The SMILES string of the molecule is N[C@@H]1C(=O)N[C@@H]1Oc1cccc(C(=O)OC(c2ccccc2)c2ccccc2)c1. The highest BCUT2D eigenvalue weighted by molar-refractivity contribution is 5.90. The maximum atomic E-state index is 12.9. The van der Waals surface area contributed by atoms with Gasteiger partial charge in [-0.25, -0.2) is 4.79 Å². The first-order chi connectivity index (χ1) is 14.1. The number of β-lactam (4-membered cyclic amide) rings is 1. The van der Waals surface area contributed by atoms with Crippen molar-refractivity contribution in [2.75, 3.05) is 0 Å². The van der Waals surface area contributed by atoms with E-state index in [1.165, 1.54) is 0 Å². The summed E-state index contributed by atoms with van der Waals surface area (Å²) < 4.78 is 11.5. The largest absolute Gasteiger partial charge is 0.468 e. The van der Waals surface area contributed by atoms with Gasteiger partial charge in [0, 0.05) is 0 Å². The van der Waals surface area contributed by atoms with Crippen molar-refractivity contribution in [3.63, 3.8) is 0 Å². The van der Waals surface area contributed by atoms with E-state index >= 15 is 0 Å². The fourth-order valence-corrected chi connectivity index (χ4v) is 3.07. The number of nitrogens with two attached hydrogens (primary N) is 1. The highest BCUT2D eigenvalue weighted by Crippen LogP contribution is 2.28. The van der Waals surface area contributed by atoms with Crippen molar-refractivity contribution in [3.8, 4) is 5.75 Å². The third kappa shape index (κ3) is 4.12. The van der Waals surface area contributed by atoms with Crippen LogP contribution in [0, 0.1) is 0 Å². The number of amides is 1. The number of hydrogen-bond acceptors (Lipinski definition) is 5. The molecule has 2 atom stereocenters. The summed E-state index contributed by atoms with van der Waals surface area (Å²) in [6.45, 7) is 0. The van der Waals surface area contributed by atoms with Crippen LogP contribution >= 0.6 is 0 Å². The lowest BCUT2D eigenvalue weighted by Crippen LogP contribution is -2.69. The smallest absolute Gasteiger partial charge is 0.339 e. The third-order valence-electron chi connectivity index (χ3n) is 4.68. The Balaban J connectivity index is 1.54. The van der Waals surface area contributed by atoms with Gasteiger partial charge in [-0.15, -0.1) is 0 Å². The molecule has 1 amide bonds. The van der Waals surface area contributed by atoms with Crippen molar-refractivity contribution in [2.45, 2.75) is 18.4 Å². The molecule has 1 fully saturated rings. The Morgan fingerprint density at radius 1 is 0.897 bits per heavy atom. The molecule has 0 saturated carbocycles. The van der Waals surface area contributed by atoms with Crippen molar-refractivity contribution in [2.24, 2.45) is 5.73 Å². The van der Waals surface area contributed by atoms with Crippen LogP contribution in [0.4, 0.5) is 0 Å². The molecule has 3 aromatic carbocycles. The van der Waals surface area contributed by atoms with Crippen LogP contribution in [0.25, 0.3) is 0 Å². The van der Waals surface area contributed by atoms with Crippen LogP contribution in [0.2, 0.25) is 0 Å². The second-order valence-corrected chi connectivity index (χ2v) is 6.71. The molecule has 146 valence electrons. The zero-order valence-electron chi connectivity index (χ0n) is 15.5. The van der Waals surface area contributed by atoms with Gasteiger partial charge in [-0.05, 0) is 29.3 Å². The molecule has 3 N–H and O–H groups in total. The molecule has 6 heteroatoms. The van der Waals surface area contributed by atoms with Crippen molar-refractivity contribution in [1.82, 2.24) is 5.32 Å². The Bertz CT molecular complexity index is 968. The second kappa shape index (κ2) is 8.16. The van der Waals surface area contributed by atoms with Gasteiger partial charge in [0.15, 0.2) is 12.3 Å². The van der Waals surface area contributed by atoms with E-state index in [9.17, 15) is 9.59 Å². The van der Waals surface area contributed by atoms with Gasteiger partial charge < -0.3 is 20.5 Å². The second-order valence-electron chi connectivity index (χ2n) is 6.71. The maximum Gasteiger partial charge on any atom is 0.339 e. The molecule has 1 heterocycles. The van der Waals surface area contributed by atoms with Crippen LogP contribution in [0.5, 0.6) is 5.75 Å². The molecule has 0 unspecified atom stereocenters. The summed E-state index contributed by atoms with van der Waals surface area (Å²) in [6.07, 6.45) is -1.14. The fraction of sp³-hybridized carbons (Fsp3) is 0.130. The van der Waals surface area contributed by atoms with Crippen molar-refractivity contribution in [3.05, 3.63) is 102 Å². The van der Waals surface area contributed by atoms with Crippen LogP contribution < -0.4 is 15.8 Å². The molecular weight excluding hydrogens is 368 g/mol. The Hall–Kier alpha value is -3.64. The fourth-order valence-electron chi connectivity index (χ4n) is 3.07. The molecule has 1 aliphatic rings. The first-order valence-corrected chi connectivity index (χ1v) is 9.25. The average Bonchev–Trinajstić information content (AvgIpc) is 2.78. The predicted molar refractivity (Wildman–Crippen MR) is 107 cm³/mol. The Labute approximate surface area is 168 Å². The van der Waals surface area contributed by atoms with E-state index in [0.717, 1.165) is 11.1 Å². The number of rotatable bonds is 6. The van der Waals surface area contributed by atoms with E-state index in [1.54, 1.807) is 24.3 Å². The lowest BCUT2D eigenvalue weighted by atomic mass is 10.0.